The Labute approximate surface area is 148 Å². The third-order valence-corrected chi connectivity index (χ3v) is 3.69. The standard InChI is InChI=1S/C22H34N2/c1-2-3-4-5-6-7-8-9-10-11-12-13-14-15-16-17-18-19-22-23-20-21-24-22/h3-4,6-7,9-10,12-13,15-16H,2,5,8,11,14,17-21H2,1H3,(H,23,24)/b4-3-,7-6-,10-9-,13-12-,16-15-. The molecular formula is C22H34N2. The maximum atomic E-state index is 4.40. The molecule has 0 aliphatic carbocycles. The van der Waals surface area contributed by atoms with Gasteiger partial charge in [0.15, 0.2) is 0 Å². The summed E-state index contributed by atoms with van der Waals surface area (Å²) in [7, 11) is 0. The molecule has 0 unspecified atom stereocenters. The Kier molecular flexibility index (Phi) is 13.5. The van der Waals surface area contributed by atoms with Gasteiger partial charge in [0, 0.05) is 13.0 Å². The van der Waals surface area contributed by atoms with Crippen molar-refractivity contribution in [3.63, 3.8) is 0 Å². The zero-order chi connectivity index (χ0) is 17.1. The van der Waals surface area contributed by atoms with Crippen molar-refractivity contribution in [1.82, 2.24) is 5.32 Å². The van der Waals surface area contributed by atoms with E-state index < -0.39 is 0 Å². The molecule has 0 saturated carbocycles. The highest BCUT2D eigenvalue weighted by Crippen LogP contribution is 2.01. The van der Waals surface area contributed by atoms with Crippen molar-refractivity contribution in [3.8, 4) is 0 Å². The summed E-state index contributed by atoms with van der Waals surface area (Å²) in [5.41, 5.74) is 0. The number of nitrogens with one attached hydrogen (secondary N) is 1. The molecule has 0 spiro atoms. The number of hydrogen-bond donors (Lipinski definition) is 1. The minimum Gasteiger partial charge on any atom is -0.372 e. The molecule has 0 bridgehead atoms. The molecule has 2 heteroatoms. The van der Waals surface area contributed by atoms with Gasteiger partial charge in [-0.3, -0.25) is 4.99 Å². The van der Waals surface area contributed by atoms with E-state index in [-0.39, 0.29) is 0 Å². The number of unbranched alkanes of at least 4 members (excludes halogenated alkanes) is 1. The van der Waals surface area contributed by atoms with E-state index >= 15 is 0 Å². The van der Waals surface area contributed by atoms with Gasteiger partial charge in [-0.25, -0.2) is 0 Å². The Morgan fingerprint density at radius 1 is 0.792 bits per heavy atom. The third-order valence-electron chi connectivity index (χ3n) is 3.69. The highest BCUT2D eigenvalue weighted by Gasteiger charge is 2.02. The molecule has 1 heterocycles. The van der Waals surface area contributed by atoms with Crippen LogP contribution in [0.3, 0.4) is 0 Å². The zero-order valence-electron chi connectivity index (χ0n) is 15.3. The average molecular weight is 327 g/mol. The van der Waals surface area contributed by atoms with Crippen LogP contribution in [0.15, 0.2) is 65.8 Å². The summed E-state index contributed by atoms with van der Waals surface area (Å²) in [5.74, 6) is 1.20. The maximum absolute atomic E-state index is 4.40. The molecule has 1 aliphatic heterocycles. The Bertz CT molecular complexity index is 464. The van der Waals surface area contributed by atoms with Crippen LogP contribution < -0.4 is 5.32 Å². The minimum atomic E-state index is 0.955. The second kappa shape index (κ2) is 16.0. The highest BCUT2D eigenvalue weighted by molar-refractivity contribution is 5.83. The summed E-state index contributed by atoms with van der Waals surface area (Å²) in [5, 5.41) is 3.31. The molecule has 0 radical (unpaired) electrons. The monoisotopic (exact) mass is 326 g/mol. The van der Waals surface area contributed by atoms with E-state index in [1.54, 1.807) is 0 Å². The van der Waals surface area contributed by atoms with E-state index in [4.69, 9.17) is 0 Å². The van der Waals surface area contributed by atoms with Gasteiger partial charge in [-0.2, -0.15) is 0 Å². The fourth-order valence-electron chi connectivity index (χ4n) is 2.37. The predicted octanol–water partition coefficient (Wildman–Crippen LogP) is 5.91. The molecule has 0 atom stereocenters. The zero-order valence-corrected chi connectivity index (χ0v) is 15.3. The van der Waals surface area contributed by atoms with Crippen LogP contribution in [0, 0.1) is 0 Å². The van der Waals surface area contributed by atoms with Gasteiger partial charge < -0.3 is 5.32 Å². The molecule has 0 amide bonds. The van der Waals surface area contributed by atoms with Crippen molar-refractivity contribution >= 4 is 5.84 Å². The van der Waals surface area contributed by atoms with E-state index in [1.165, 1.54) is 12.3 Å². The van der Waals surface area contributed by atoms with E-state index in [0.717, 1.165) is 58.0 Å². The molecule has 0 fully saturated rings. The van der Waals surface area contributed by atoms with Gasteiger partial charge in [-0.15, -0.1) is 0 Å². The number of hydrogen-bond acceptors (Lipinski definition) is 2. The van der Waals surface area contributed by atoms with Gasteiger partial charge in [0.2, 0.25) is 0 Å². The average Bonchev–Trinajstić information content (AvgIpc) is 3.11. The van der Waals surface area contributed by atoms with Gasteiger partial charge in [0.05, 0.1) is 12.4 Å². The van der Waals surface area contributed by atoms with Crippen LogP contribution in [0.5, 0.6) is 0 Å². The van der Waals surface area contributed by atoms with Crippen LogP contribution in [0.4, 0.5) is 0 Å². The van der Waals surface area contributed by atoms with Crippen LogP contribution in [-0.4, -0.2) is 18.9 Å². The lowest BCUT2D eigenvalue weighted by molar-refractivity contribution is 0.865. The number of rotatable bonds is 13. The molecule has 132 valence electrons. The molecule has 0 aromatic heterocycles. The molecule has 1 N–H and O–H groups in total. The van der Waals surface area contributed by atoms with Crippen molar-refractivity contribution in [2.24, 2.45) is 4.99 Å². The molecule has 0 aromatic rings. The molecular weight excluding hydrogens is 292 g/mol. The van der Waals surface area contributed by atoms with E-state index in [0.29, 0.717) is 0 Å². The summed E-state index contributed by atoms with van der Waals surface area (Å²) in [6.45, 7) is 4.14. The summed E-state index contributed by atoms with van der Waals surface area (Å²) < 4.78 is 0. The van der Waals surface area contributed by atoms with E-state index in [9.17, 15) is 0 Å². The van der Waals surface area contributed by atoms with Gasteiger partial charge in [0.1, 0.15) is 0 Å². The summed E-state index contributed by atoms with van der Waals surface area (Å²) in [6.07, 6.45) is 31.1. The molecule has 2 nitrogen and oxygen atoms in total. The second-order valence-corrected chi connectivity index (χ2v) is 5.86. The number of nitrogens with zero attached hydrogens (tertiary/aromatic N) is 1. The van der Waals surface area contributed by atoms with Crippen molar-refractivity contribution < 1.29 is 0 Å². The number of aliphatic imine (C=N–C) groups is 1. The fourth-order valence-corrected chi connectivity index (χ4v) is 2.37. The van der Waals surface area contributed by atoms with E-state index in [2.05, 4.69) is 78.0 Å². The lowest BCUT2D eigenvalue weighted by Gasteiger charge is -1.98. The first-order chi connectivity index (χ1) is 11.9. The Morgan fingerprint density at radius 2 is 1.33 bits per heavy atom. The number of allylic oxidation sites excluding steroid dienone is 10. The molecule has 0 aromatic carbocycles. The molecule has 0 saturated heterocycles. The quantitative estimate of drug-likeness (QED) is 0.330. The minimum absolute atomic E-state index is 0.955. The summed E-state index contributed by atoms with van der Waals surface area (Å²) in [6, 6.07) is 0. The highest BCUT2D eigenvalue weighted by atomic mass is 15.1. The van der Waals surface area contributed by atoms with Crippen LogP contribution in [0.2, 0.25) is 0 Å². The Balaban J connectivity index is 1.90. The Morgan fingerprint density at radius 3 is 1.83 bits per heavy atom. The van der Waals surface area contributed by atoms with Gasteiger partial charge in [-0.05, 0) is 44.9 Å². The second-order valence-electron chi connectivity index (χ2n) is 5.86. The fraction of sp³-hybridized carbons (Fsp3) is 0.500. The van der Waals surface area contributed by atoms with Gasteiger partial charge in [0.25, 0.3) is 0 Å². The normalized spacial score (nSPS) is 15.6. The van der Waals surface area contributed by atoms with Gasteiger partial charge in [-0.1, -0.05) is 67.7 Å². The third kappa shape index (κ3) is 12.7. The largest absolute Gasteiger partial charge is 0.372 e. The lowest BCUT2D eigenvalue weighted by atomic mass is 10.2. The first kappa shape index (κ1) is 20.2. The molecule has 1 aliphatic rings. The lowest BCUT2D eigenvalue weighted by Crippen LogP contribution is -2.17. The van der Waals surface area contributed by atoms with E-state index in [1.807, 2.05) is 0 Å². The first-order valence-corrected chi connectivity index (χ1v) is 9.45. The van der Waals surface area contributed by atoms with Gasteiger partial charge >= 0.3 is 0 Å². The van der Waals surface area contributed by atoms with Crippen LogP contribution in [0.1, 0.15) is 58.3 Å². The summed E-state index contributed by atoms with van der Waals surface area (Å²) >= 11 is 0. The van der Waals surface area contributed by atoms with Crippen LogP contribution in [-0.2, 0) is 0 Å². The topological polar surface area (TPSA) is 24.4 Å². The van der Waals surface area contributed by atoms with Crippen LogP contribution in [0.25, 0.3) is 0 Å². The number of amidine groups is 1. The van der Waals surface area contributed by atoms with Crippen molar-refractivity contribution in [1.29, 1.82) is 0 Å². The molecule has 1 rings (SSSR count). The van der Waals surface area contributed by atoms with Crippen molar-refractivity contribution in [2.45, 2.75) is 58.3 Å². The molecule has 24 heavy (non-hydrogen) atoms. The van der Waals surface area contributed by atoms with Crippen molar-refractivity contribution in [3.05, 3.63) is 60.8 Å². The predicted molar refractivity (Wildman–Crippen MR) is 109 cm³/mol. The first-order valence-electron chi connectivity index (χ1n) is 9.45. The van der Waals surface area contributed by atoms with Crippen LogP contribution >= 0.6 is 0 Å². The SMILES string of the molecule is CC/C=C\C/C=C\C/C=C\C/C=C\C/C=C\CCCC1=NCCN1. The van der Waals surface area contributed by atoms with Crippen molar-refractivity contribution in [2.75, 3.05) is 13.1 Å². The Hall–Kier alpha value is -1.83. The smallest absolute Gasteiger partial charge is 0.0964 e. The summed E-state index contributed by atoms with van der Waals surface area (Å²) in [4.78, 5) is 4.40. The maximum Gasteiger partial charge on any atom is 0.0964 e.